The van der Waals surface area contributed by atoms with Crippen molar-refractivity contribution in [1.82, 2.24) is 10.2 Å². The van der Waals surface area contributed by atoms with Crippen LogP contribution in [-0.2, 0) is 9.53 Å². The minimum atomic E-state index is -0.217. The second-order valence-corrected chi connectivity index (χ2v) is 4.39. The molecule has 0 aliphatic rings. The quantitative estimate of drug-likeness (QED) is 0.426. The third-order valence-electron chi connectivity index (χ3n) is 2.66. The number of rotatable bonds is 7. The average molecular weight is 257 g/mol. The number of esters is 1. The van der Waals surface area contributed by atoms with E-state index in [0.29, 0.717) is 6.54 Å². The Bertz CT molecular complexity index is 267. The standard InChI is InChI=1S/C13H27N3O2/c1-6-8-9-16(4)13(14-7-2)15-10-11(3)12(17)18-5/h11H,6-10H2,1-5H3,(H,14,15). The summed E-state index contributed by atoms with van der Waals surface area (Å²) >= 11 is 0. The van der Waals surface area contributed by atoms with Crippen LogP contribution in [0.4, 0.5) is 0 Å². The number of nitrogens with zero attached hydrogens (tertiary/aromatic N) is 2. The third kappa shape index (κ3) is 6.47. The summed E-state index contributed by atoms with van der Waals surface area (Å²) in [6.07, 6.45) is 2.29. The molecule has 0 bridgehead atoms. The SMILES string of the molecule is CCCCN(C)C(=NCC(C)C(=O)OC)NCC. The van der Waals surface area contributed by atoms with E-state index in [4.69, 9.17) is 0 Å². The van der Waals surface area contributed by atoms with Gasteiger partial charge in [-0.05, 0) is 13.3 Å². The van der Waals surface area contributed by atoms with E-state index in [1.165, 1.54) is 7.11 Å². The zero-order chi connectivity index (χ0) is 14.0. The molecule has 0 aromatic heterocycles. The molecule has 0 aliphatic carbocycles. The van der Waals surface area contributed by atoms with Crippen molar-refractivity contribution < 1.29 is 9.53 Å². The van der Waals surface area contributed by atoms with Gasteiger partial charge in [-0.1, -0.05) is 20.3 Å². The lowest BCUT2D eigenvalue weighted by atomic mass is 10.2. The molecule has 5 nitrogen and oxygen atoms in total. The molecule has 0 aromatic carbocycles. The number of hydrogen-bond donors (Lipinski definition) is 1. The Balaban J connectivity index is 4.42. The molecule has 0 spiro atoms. The fraction of sp³-hybridized carbons (Fsp3) is 0.846. The first-order valence-corrected chi connectivity index (χ1v) is 6.64. The van der Waals surface area contributed by atoms with Crippen LogP contribution in [0.15, 0.2) is 4.99 Å². The molecule has 0 aliphatic heterocycles. The Morgan fingerprint density at radius 3 is 2.61 bits per heavy atom. The van der Waals surface area contributed by atoms with Gasteiger partial charge in [-0.2, -0.15) is 0 Å². The minimum Gasteiger partial charge on any atom is -0.469 e. The molecule has 1 unspecified atom stereocenters. The zero-order valence-electron chi connectivity index (χ0n) is 12.3. The molecule has 0 aromatic rings. The number of ether oxygens (including phenoxy) is 1. The van der Waals surface area contributed by atoms with Gasteiger partial charge in [0.1, 0.15) is 0 Å². The van der Waals surface area contributed by atoms with Crippen molar-refractivity contribution >= 4 is 11.9 Å². The molecule has 0 saturated heterocycles. The van der Waals surface area contributed by atoms with E-state index in [9.17, 15) is 4.79 Å². The van der Waals surface area contributed by atoms with Crippen LogP contribution in [0.1, 0.15) is 33.6 Å². The molecule has 0 radical (unpaired) electrons. The molecule has 0 fully saturated rings. The number of methoxy groups -OCH3 is 1. The number of unbranched alkanes of at least 4 members (excludes halogenated alkanes) is 1. The average Bonchev–Trinajstić information content (AvgIpc) is 2.39. The molecule has 0 rings (SSSR count). The van der Waals surface area contributed by atoms with Crippen LogP contribution >= 0.6 is 0 Å². The van der Waals surface area contributed by atoms with Gasteiger partial charge in [-0.15, -0.1) is 0 Å². The highest BCUT2D eigenvalue weighted by molar-refractivity contribution is 5.80. The predicted molar refractivity (Wildman–Crippen MR) is 74.7 cm³/mol. The number of hydrogen-bond acceptors (Lipinski definition) is 3. The molecule has 1 N–H and O–H groups in total. The van der Waals surface area contributed by atoms with Crippen LogP contribution in [0.25, 0.3) is 0 Å². The highest BCUT2D eigenvalue weighted by Crippen LogP contribution is 2.00. The molecule has 0 saturated carbocycles. The van der Waals surface area contributed by atoms with Crippen molar-refractivity contribution in [2.45, 2.75) is 33.6 Å². The van der Waals surface area contributed by atoms with Crippen molar-refractivity contribution in [3.63, 3.8) is 0 Å². The Labute approximate surface area is 111 Å². The molecular formula is C13H27N3O2. The Kier molecular flexibility index (Phi) is 9.06. The Morgan fingerprint density at radius 1 is 1.44 bits per heavy atom. The fourth-order valence-corrected chi connectivity index (χ4v) is 1.47. The number of nitrogens with one attached hydrogen (secondary N) is 1. The Hall–Kier alpha value is -1.26. The van der Waals surface area contributed by atoms with Crippen LogP contribution in [0, 0.1) is 5.92 Å². The summed E-state index contributed by atoms with van der Waals surface area (Å²) < 4.78 is 4.69. The monoisotopic (exact) mass is 257 g/mol. The summed E-state index contributed by atoms with van der Waals surface area (Å²) in [7, 11) is 3.42. The highest BCUT2D eigenvalue weighted by atomic mass is 16.5. The number of aliphatic imine (C=N–C) groups is 1. The smallest absolute Gasteiger partial charge is 0.310 e. The maximum atomic E-state index is 11.3. The van der Waals surface area contributed by atoms with Gasteiger partial charge in [0.15, 0.2) is 5.96 Å². The first-order chi connectivity index (χ1) is 8.56. The van der Waals surface area contributed by atoms with Crippen molar-refractivity contribution in [2.24, 2.45) is 10.9 Å². The van der Waals surface area contributed by atoms with Crippen LogP contribution in [-0.4, -0.2) is 50.6 Å². The van der Waals surface area contributed by atoms with E-state index in [0.717, 1.165) is 31.9 Å². The summed E-state index contributed by atoms with van der Waals surface area (Å²) in [5.41, 5.74) is 0. The predicted octanol–water partition coefficient (Wildman–Crippen LogP) is 1.49. The van der Waals surface area contributed by atoms with Gasteiger partial charge in [-0.25, -0.2) is 0 Å². The normalized spacial score (nSPS) is 13.1. The van der Waals surface area contributed by atoms with Gasteiger partial charge in [0.2, 0.25) is 0 Å². The van der Waals surface area contributed by atoms with Gasteiger partial charge in [0, 0.05) is 20.1 Å². The molecule has 0 heterocycles. The number of carbonyl (C=O) groups excluding carboxylic acids is 1. The summed E-state index contributed by atoms with van der Waals surface area (Å²) in [6.45, 7) is 8.26. The summed E-state index contributed by atoms with van der Waals surface area (Å²) in [5, 5.41) is 3.23. The molecule has 106 valence electrons. The van der Waals surface area contributed by atoms with Gasteiger partial charge in [-0.3, -0.25) is 9.79 Å². The lowest BCUT2D eigenvalue weighted by molar-refractivity contribution is -0.144. The van der Waals surface area contributed by atoms with E-state index >= 15 is 0 Å². The summed E-state index contributed by atoms with van der Waals surface area (Å²) in [5.74, 6) is 0.427. The lowest BCUT2D eigenvalue weighted by Crippen LogP contribution is -2.39. The van der Waals surface area contributed by atoms with Crippen LogP contribution in [0.2, 0.25) is 0 Å². The molecule has 0 amide bonds. The molecular weight excluding hydrogens is 230 g/mol. The number of guanidine groups is 1. The van der Waals surface area contributed by atoms with Crippen molar-refractivity contribution in [3.8, 4) is 0 Å². The second kappa shape index (κ2) is 9.74. The first kappa shape index (κ1) is 16.7. The van der Waals surface area contributed by atoms with Gasteiger partial charge >= 0.3 is 5.97 Å². The van der Waals surface area contributed by atoms with Gasteiger partial charge in [0.25, 0.3) is 0 Å². The minimum absolute atomic E-state index is 0.205. The van der Waals surface area contributed by atoms with Crippen LogP contribution in [0.5, 0.6) is 0 Å². The maximum absolute atomic E-state index is 11.3. The van der Waals surface area contributed by atoms with Gasteiger partial charge < -0.3 is 15.0 Å². The fourth-order valence-electron chi connectivity index (χ4n) is 1.47. The number of carbonyl (C=O) groups is 1. The van der Waals surface area contributed by atoms with Crippen molar-refractivity contribution in [1.29, 1.82) is 0 Å². The van der Waals surface area contributed by atoms with Crippen LogP contribution in [0.3, 0.4) is 0 Å². The highest BCUT2D eigenvalue weighted by Gasteiger charge is 2.13. The van der Waals surface area contributed by atoms with E-state index in [1.54, 1.807) is 0 Å². The second-order valence-electron chi connectivity index (χ2n) is 4.39. The van der Waals surface area contributed by atoms with E-state index in [-0.39, 0.29) is 11.9 Å². The molecule has 18 heavy (non-hydrogen) atoms. The largest absolute Gasteiger partial charge is 0.469 e. The molecule has 5 heteroatoms. The lowest BCUT2D eigenvalue weighted by Gasteiger charge is -2.22. The van der Waals surface area contributed by atoms with Crippen molar-refractivity contribution in [3.05, 3.63) is 0 Å². The maximum Gasteiger partial charge on any atom is 0.310 e. The summed E-state index contributed by atoms with van der Waals surface area (Å²) in [6, 6.07) is 0. The van der Waals surface area contributed by atoms with Gasteiger partial charge in [0.05, 0.1) is 19.6 Å². The van der Waals surface area contributed by atoms with E-state index in [2.05, 4.69) is 26.9 Å². The van der Waals surface area contributed by atoms with E-state index < -0.39 is 0 Å². The van der Waals surface area contributed by atoms with Crippen molar-refractivity contribution in [2.75, 3.05) is 33.8 Å². The topological polar surface area (TPSA) is 53.9 Å². The van der Waals surface area contributed by atoms with Crippen LogP contribution < -0.4 is 5.32 Å². The first-order valence-electron chi connectivity index (χ1n) is 6.64. The summed E-state index contributed by atoms with van der Waals surface area (Å²) in [4.78, 5) is 17.9. The zero-order valence-corrected chi connectivity index (χ0v) is 12.3. The van der Waals surface area contributed by atoms with E-state index in [1.807, 2.05) is 20.9 Å². The third-order valence-corrected chi connectivity index (χ3v) is 2.66. The molecule has 1 atom stereocenters. The Morgan fingerprint density at radius 2 is 2.11 bits per heavy atom.